The number of hydrogen-bond acceptors (Lipinski definition) is 4. The number of nitrogens with one attached hydrogen (secondary N) is 2. The minimum Gasteiger partial charge on any atom is -0.368 e. The highest BCUT2D eigenvalue weighted by molar-refractivity contribution is 5.33. The third kappa shape index (κ3) is 3.49. The molecule has 0 bridgehead atoms. The van der Waals surface area contributed by atoms with E-state index < -0.39 is 0 Å². The van der Waals surface area contributed by atoms with Gasteiger partial charge in [0.2, 0.25) is 0 Å². The Kier molecular flexibility index (Phi) is 4.05. The van der Waals surface area contributed by atoms with Crippen molar-refractivity contribution in [3.05, 3.63) is 24.4 Å². The summed E-state index contributed by atoms with van der Waals surface area (Å²) in [7, 11) is 1.92. The summed E-state index contributed by atoms with van der Waals surface area (Å²) < 4.78 is 0. The second-order valence-corrected chi connectivity index (χ2v) is 4.17. The van der Waals surface area contributed by atoms with Crippen LogP contribution in [0.4, 0.5) is 5.82 Å². The Labute approximate surface area is 91.3 Å². The minimum atomic E-state index is -0.0816. The standard InChI is InChI=1S/C11H20N4/c1-11(2,13-3)9(12)8-15-10-6-4-5-7-14-10/h4-7,9,13H,8,12H2,1-3H3,(H,14,15). The van der Waals surface area contributed by atoms with Crippen LogP contribution in [0.15, 0.2) is 24.4 Å². The number of nitrogens with two attached hydrogens (primary N) is 1. The summed E-state index contributed by atoms with van der Waals surface area (Å²) in [6.45, 7) is 4.86. The molecule has 1 rings (SSSR count). The van der Waals surface area contributed by atoms with Gasteiger partial charge in [-0.05, 0) is 33.0 Å². The van der Waals surface area contributed by atoms with Crippen LogP contribution < -0.4 is 16.4 Å². The topological polar surface area (TPSA) is 63.0 Å². The molecule has 1 unspecified atom stereocenters. The van der Waals surface area contributed by atoms with Gasteiger partial charge in [-0.15, -0.1) is 0 Å². The van der Waals surface area contributed by atoms with Crippen LogP contribution in [-0.2, 0) is 0 Å². The second-order valence-electron chi connectivity index (χ2n) is 4.17. The van der Waals surface area contributed by atoms with E-state index in [2.05, 4.69) is 29.5 Å². The maximum atomic E-state index is 6.06. The largest absolute Gasteiger partial charge is 0.368 e. The van der Waals surface area contributed by atoms with Crippen LogP contribution in [0, 0.1) is 0 Å². The van der Waals surface area contributed by atoms with Gasteiger partial charge in [0.1, 0.15) is 5.82 Å². The molecule has 4 nitrogen and oxygen atoms in total. The third-order valence-corrected chi connectivity index (χ3v) is 2.74. The summed E-state index contributed by atoms with van der Waals surface area (Å²) >= 11 is 0. The molecular weight excluding hydrogens is 188 g/mol. The molecule has 0 amide bonds. The number of aromatic nitrogens is 1. The zero-order valence-corrected chi connectivity index (χ0v) is 9.62. The van der Waals surface area contributed by atoms with Gasteiger partial charge in [-0.25, -0.2) is 4.98 Å². The van der Waals surface area contributed by atoms with Crippen LogP contribution in [-0.4, -0.2) is 30.2 Å². The molecule has 0 aliphatic carbocycles. The fourth-order valence-electron chi connectivity index (χ4n) is 1.12. The Balaban J connectivity index is 2.44. The molecule has 0 radical (unpaired) electrons. The van der Waals surface area contributed by atoms with Gasteiger partial charge in [-0.2, -0.15) is 0 Å². The van der Waals surface area contributed by atoms with Crippen molar-refractivity contribution in [1.82, 2.24) is 10.3 Å². The van der Waals surface area contributed by atoms with Crippen LogP contribution in [0.3, 0.4) is 0 Å². The summed E-state index contributed by atoms with van der Waals surface area (Å²) in [6, 6.07) is 5.80. The Morgan fingerprint density at radius 3 is 2.73 bits per heavy atom. The molecule has 0 spiro atoms. The molecule has 84 valence electrons. The van der Waals surface area contributed by atoms with E-state index in [9.17, 15) is 0 Å². The number of nitrogens with zero attached hydrogens (tertiary/aromatic N) is 1. The fraction of sp³-hybridized carbons (Fsp3) is 0.545. The number of rotatable bonds is 5. The van der Waals surface area contributed by atoms with Crippen LogP contribution in [0.1, 0.15) is 13.8 Å². The molecule has 1 atom stereocenters. The van der Waals surface area contributed by atoms with E-state index >= 15 is 0 Å². The van der Waals surface area contributed by atoms with E-state index in [-0.39, 0.29) is 11.6 Å². The van der Waals surface area contributed by atoms with E-state index in [1.165, 1.54) is 0 Å². The highest BCUT2D eigenvalue weighted by Crippen LogP contribution is 2.07. The predicted octanol–water partition coefficient (Wildman–Crippen LogP) is 0.819. The summed E-state index contributed by atoms with van der Waals surface area (Å²) in [4.78, 5) is 4.17. The average molecular weight is 208 g/mol. The van der Waals surface area contributed by atoms with Gasteiger partial charge >= 0.3 is 0 Å². The first-order chi connectivity index (χ1) is 7.06. The quantitative estimate of drug-likeness (QED) is 0.670. The van der Waals surface area contributed by atoms with Gasteiger partial charge in [0.25, 0.3) is 0 Å². The number of pyridine rings is 1. The van der Waals surface area contributed by atoms with Gasteiger partial charge < -0.3 is 16.4 Å². The van der Waals surface area contributed by atoms with Crippen molar-refractivity contribution in [2.75, 3.05) is 18.9 Å². The van der Waals surface area contributed by atoms with E-state index in [0.717, 1.165) is 5.82 Å². The first-order valence-corrected chi connectivity index (χ1v) is 5.15. The first-order valence-electron chi connectivity index (χ1n) is 5.15. The Bertz CT molecular complexity index is 284. The smallest absolute Gasteiger partial charge is 0.125 e. The van der Waals surface area contributed by atoms with Gasteiger partial charge in [0.15, 0.2) is 0 Å². The molecule has 15 heavy (non-hydrogen) atoms. The van der Waals surface area contributed by atoms with Crippen LogP contribution >= 0.6 is 0 Å². The van der Waals surface area contributed by atoms with Gasteiger partial charge in [-0.3, -0.25) is 0 Å². The molecule has 1 aromatic rings. The van der Waals surface area contributed by atoms with Crippen molar-refractivity contribution in [3.8, 4) is 0 Å². The van der Waals surface area contributed by atoms with E-state index in [1.54, 1.807) is 6.20 Å². The van der Waals surface area contributed by atoms with Gasteiger partial charge in [-0.1, -0.05) is 6.07 Å². The average Bonchev–Trinajstić information content (AvgIpc) is 2.27. The summed E-state index contributed by atoms with van der Waals surface area (Å²) in [5.74, 6) is 0.861. The van der Waals surface area contributed by atoms with E-state index in [4.69, 9.17) is 5.73 Å². The summed E-state index contributed by atoms with van der Waals surface area (Å²) in [6.07, 6.45) is 1.76. The van der Waals surface area contributed by atoms with E-state index in [0.29, 0.717) is 6.54 Å². The predicted molar refractivity (Wildman–Crippen MR) is 63.8 cm³/mol. The minimum absolute atomic E-state index is 0.0320. The van der Waals surface area contributed by atoms with Crippen molar-refractivity contribution in [2.45, 2.75) is 25.4 Å². The lowest BCUT2D eigenvalue weighted by Gasteiger charge is -2.31. The zero-order valence-electron chi connectivity index (χ0n) is 9.62. The molecule has 1 aromatic heterocycles. The van der Waals surface area contributed by atoms with Gasteiger partial charge in [0, 0.05) is 24.3 Å². The molecule has 0 saturated carbocycles. The number of anilines is 1. The molecule has 4 N–H and O–H groups in total. The maximum absolute atomic E-state index is 6.06. The lowest BCUT2D eigenvalue weighted by Crippen LogP contribution is -2.55. The first kappa shape index (κ1) is 11.9. The summed E-state index contributed by atoms with van der Waals surface area (Å²) in [5, 5.41) is 6.40. The van der Waals surface area contributed by atoms with Crippen LogP contribution in [0.25, 0.3) is 0 Å². The van der Waals surface area contributed by atoms with Crippen LogP contribution in [0.5, 0.6) is 0 Å². The second kappa shape index (κ2) is 5.09. The third-order valence-electron chi connectivity index (χ3n) is 2.74. The summed E-state index contributed by atoms with van der Waals surface area (Å²) in [5.41, 5.74) is 5.98. The molecule has 0 saturated heterocycles. The van der Waals surface area contributed by atoms with Crippen molar-refractivity contribution >= 4 is 5.82 Å². The number of hydrogen-bond donors (Lipinski definition) is 3. The van der Waals surface area contributed by atoms with Crippen molar-refractivity contribution in [2.24, 2.45) is 5.73 Å². The fourth-order valence-corrected chi connectivity index (χ4v) is 1.12. The van der Waals surface area contributed by atoms with Gasteiger partial charge in [0.05, 0.1) is 0 Å². The highest BCUT2D eigenvalue weighted by Gasteiger charge is 2.23. The molecule has 0 aromatic carbocycles. The molecule has 4 heteroatoms. The maximum Gasteiger partial charge on any atom is 0.125 e. The Morgan fingerprint density at radius 1 is 1.47 bits per heavy atom. The Hall–Kier alpha value is -1.13. The highest BCUT2D eigenvalue weighted by atomic mass is 15.0. The lowest BCUT2D eigenvalue weighted by molar-refractivity contribution is 0.352. The van der Waals surface area contributed by atoms with Crippen molar-refractivity contribution in [1.29, 1.82) is 0 Å². The molecule has 0 aliphatic rings. The molecular formula is C11H20N4. The molecule has 1 heterocycles. The lowest BCUT2D eigenvalue weighted by atomic mass is 9.95. The molecule has 0 aliphatic heterocycles. The zero-order chi connectivity index (χ0) is 11.3. The monoisotopic (exact) mass is 208 g/mol. The van der Waals surface area contributed by atoms with E-state index in [1.807, 2.05) is 25.2 Å². The van der Waals surface area contributed by atoms with Crippen molar-refractivity contribution < 1.29 is 0 Å². The van der Waals surface area contributed by atoms with Crippen molar-refractivity contribution in [3.63, 3.8) is 0 Å². The molecule has 0 fully saturated rings. The van der Waals surface area contributed by atoms with Crippen LogP contribution in [0.2, 0.25) is 0 Å². The Morgan fingerprint density at radius 2 is 2.20 bits per heavy atom. The SMILES string of the molecule is CNC(C)(C)C(N)CNc1ccccn1. The number of likely N-dealkylation sites (N-methyl/N-ethyl adjacent to an activating group) is 1. The normalized spacial score (nSPS) is 13.6.